The van der Waals surface area contributed by atoms with E-state index in [1.165, 1.54) is 32.1 Å². The Morgan fingerprint density at radius 3 is 2.69 bits per heavy atom. The minimum Gasteiger partial charge on any atom is -0.462 e. The normalized spacial score (nSPS) is 19.0. The maximum absolute atomic E-state index is 9.44. The van der Waals surface area contributed by atoms with E-state index >= 15 is 0 Å². The van der Waals surface area contributed by atoms with Crippen molar-refractivity contribution in [2.45, 2.75) is 39.0 Å². The van der Waals surface area contributed by atoms with Crippen molar-refractivity contribution in [3.8, 4) is 0 Å². The van der Waals surface area contributed by atoms with Gasteiger partial charge in [0.25, 0.3) is 0 Å². The number of hydrogen-bond donors (Lipinski definition) is 1. The Balaban J connectivity index is 2.11. The lowest BCUT2D eigenvalue weighted by Crippen LogP contribution is -2.11. The molecular weight excluding hydrogens is 200 g/mol. The number of aliphatic hydroxyl groups is 1. The molecule has 0 amide bonds. The molecule has 0 unspecified atom stereocenters. The summed E-state index contributed by atoms with van der Waals surface area (Å²) >= 11 is 0. The molecule has 0 aromatic carbocycles. The van der Waals surface area contributed by atoms with Gasteiger partial charge in [-0.2, -0.15) is 0 Å². The van der Waals surface area contributed by atoms with E-state index in [4.69, 9.17) is 4.42 Å². The largest absolute Gasteiger partial charge is 0.462 e. The predicted molar refractivity (Wildman–Crippen MR) is 65.1 cm³/mol. The van der Waals surface area contributed by atoms with Gasteiger partial charge in [0, 0.05) is 0 Å². The first-order valence-corrected chi connectivity index (χ1v) is 6.17. The molecule has 1 N–H and O–H groups in total. The van der Waals surface area contributed by atoms with Crippen LogP contribution in [0.25, 0.3) is 6.08 Å². The molecule has 0 saturated heterocycles. The number of aryl methyl sites for hydroxylation is 1. The van der Waals surface area contributed by atoms with Crippen LogP contribution in [0.3, 0.4) is 0 Å². The monoisotopic (exact) mass is 220 g/mol. The lowest BCUT2D eigenvalue weighted by molar-refractivity contribution is 0.294. The van der Waals surface area contributed by atoms with Crippen molar-refractivity contribution in [1.29, 1.82) is 0 Å². The van der Waals surface area contributed by atoms with Gasteiger partial charge < -0.3 is 9.52 Å². The summed E-state index contributed by atoms with van der Waals surface area (Å²) in [7, 11) is 0. The van der Waals surface area contributed by atoms with Crippen molar-refractivity contribution in [2.75, 3.05) is 6.61 Å². The Morgan fingerprint density at radius 2 is 2.12 bits per heavy atom. The van der Waals surface area contributed by atoms with Crippen LogP contribution >= 0.6 is 0 Å². The SMILES string of the molecule is Cc1ccc(C=C(CO)C2CCCCC2)o1. The summed E-state index contributed by atoms with van der Waals surface area (Å²) in [5, 5.41) is 9.44. The summed E-state index contributed by atoms with van der Waals surface area (Å²) < 4.78 is 5.52. The third kappa shape index (κ3) is 2.76. The van der Waals surface area contributed by atoms with Crippen LogP contribution in [-0.4, -0.2) is 11.7 Å². The van der Waals surface area contributed by atoms with Gasteiger partial charge in [-0.25, -0.2) is 0 Å². The first-order chi connectivity index (χ1) is 7.79. The second-order valence-corrected chi connectivity index (χ2v) is 4.66. The number of furan rings is 1. The Bertz CT molecular complexity index is 357. The molecule has 0 spiro atoms. The molecule has 1 heterocycles. The van der Waals surface area contributed by atoms with E-state index in [0.29, 0.717) is 5.92 Å². The molecular formula is C14H20O2. The molecule has 88 valence electrons. The van der Waals surface area contributed by atoms with E-state index in [1.807, 2.05) is 25.1 Å². The second kappa shape index (κ2) is 5.35. The van der Waals surface area contributed by atoms with Crippen LogP contribution in [0.15, 0.2) is 22.1 Å². The minimum atomic E-state index is 0.157. The molecule has 0 radical (unpaired) electrons. The second-order valence-electron chi connectivity index (χ2n) is 4.66. The van der Waals surface area contributed by atoms with Crippen molar-refractivity contribution in [3.05, 3.63) is 29.2 Å². The fourth-order valence-electron chi connectivity index (χ4n) is 2.48. The molecule has 2 rings (SSSR count). The Kier molecular flexibility index (Phi) is 3.83. The van der Waals surface area contributed by atoms with Crippen LogP contribution in [0.4, 0.5) is 0 Å². The molecule has 2 heteroatoms. The van der Waals surface area contributed by atoms with Gasteiger partial charge in [-0.05, 0) is 49.5 Å². The first kappa shape index (κ1) is 11.5. The number of rotatable bonds is 3. The highest BCUT2D eigenvalue weighted by atomic mass is 16.3. The minimum absolute atomic E-state index is 0.157. The molecule has 0 aliphatic heterocycles. The van der Waals surface area contributed by atoms with Gasteiger partial charge >= 0.3 is 0 Å². The van der Waals surface area contributed by atoms with Crippen molar-refractivity contribution < 1.29 is 9.52 Å². The van der Waals surface area contributed by atoms with Gasteiger partial charge in [0.05, 0.1) is 6.61 Å². The smallest absolute Gasteiger partial charge is 0.127 e. The zero-order valence-electron chi connectivity index (χ0n) is 9.91. The van der Waals surface area contributed by atoms with E-state index in [2.05, 4.69) is 0 Å². The molecule has 1 aliphatic carbocycles. The maximum atomic E-state index is 9.44. The third-order valence-corrected chi connectivity index (χ3v) is 3.40. The molecule has 0 atom stereocenters. The summed E-state index contributed by atoms with van der Waals surface area (Å²) in [5.74, 6) is 2.35. The van der Waals surface area contributed by atoms with Crippen molar-refractivity contribution >= 4 is 6.08 Å². The average molecular weight is 220 g/mol. The van der Waals surface area contributed by atoms with Gasteiger partial charge in [0.1, 0.15) is 11.5 Å². The fraction of sp³-hybridized carbons (Fsp3) is 0.571. The molecule has 1 aromatic heterocycles. The molecule has 1 saturated carbocycles. The van der Waals surface area contributed by atoms with Gasteiger partial charge in [0.2, 0.25) is 0 Å². The fourth-order valence-corrected chi connectivity index (χ4v) is 2.48. The standard InChI is InChI=1S/C14H20O2/c1-11-7-8-14(16-11)9-13(10-15)12-5-3-2-4-6-12/h7-9,12,15H,2-6,10H2,1H3. The molecule has 1 aliphatic rings. The van der Waals surface area contributed by atoms with Crippen LogP contribution in [-0.2, 0) is 0 Å². The first-order valence-electron chi connectivity index (χ1n) is 6.17. The van der Waals surface area contributed by atoms with Gasteiger partial charge in [-0.3, -0.25) is 0 Å². The summed E-state index contributed by atoms with van der Waals surface area (Å²) in [6.45, 7) is 2.10. The van der Waals surface area contributed by atoms with E-state index in [9.17, 15) is 5.11 Å². The summed E-state index contributed by atoms with van der Waals surface area (Å²) in [4.78, 5) is 0. The van der Waals surface area contributed by atoms with Gasteiger partial charge in [-0.1, -0.05) is 19.3 Å². The van der Waals surface area contributed by atoms with Gasteiger partial charge in [-0.15, -0.1) is 0 Å². The lowest BCUT2D eigenvalue weighted by atomic mass is 9.83. The van der Waals surface area contributed by atoms with Crippen LogP contribution in [0.5, 0.6) is 0 Å². The van der Waals surface area contributed by atoms with E-state index < -0.39 is 0 Å². The average Bonchev–Trinajstić information content (AvgIpc) is 2.73. The zero-order chi connectivity index (χ0) is 11.4. The Morgan fingerprint density at radius 1 is 1.38 bits per heavy atom. The summed E-state index contributed by atoms with van der Waals surface area (Å²) in [6, 6.07) is 3.93. The number of hydrogen-bond acceptors (Lipinski definition) is 2. The molecule has 1 fully saturated rings. The van der Waals surface area contributed by atoms with E-state index in [0.717, 1.165) is 17.1 Å². The molecule has 2 nitrogen and oxygen atoms in total. The highest BCUT2D eigenvalue weighted by Gasteiger charge is 2.17. The topological polar surface area (TPSA) is 33.4 Å². The number of aliphatic hydroxyl groups excluding tert-OH is 1. The van der Waals surface area contributed by atoms with E-state index in [1.54, 1.807) is 0 Å². The summed E-state index contributed by atoms with van der Waals surface area (Å²) in [5.41, 5.74) is 1.13. The zero-order valence-corrected chi connectivity index (χ0v) is 9.91. The lowest BCUT2D eigenvalue weighted by Gasteiger charge is -2.23. The Labute approximate surface area is 97.0 Å². The highest BCUT2D eigenvalue weighted by molar-refractivity contribution is 5.48. The quantitative estimate of drug-likeness (QED) is 0.845. The molecule has 0 bridgehead atoms. The van der Waals surface area contributed by atoms with Crippen LogP contribution < -0.4 is 0 Å². The molecule has 16 heavy (non-hydrogen) atoms. The van der Waals surface area contributed by atoms with Crippen molar-refractivity contribution in [3.63, 3.8) is 0 Å². The van der Waals surface area contributed by atoms with Crippen LogP contribution in [0, 0.1) is 12.8 Å². The highest BCUT2D eigenvalue weighted by Crippen LogP contribution is 2.30. The maximum Gasteiger partial charge on any atom is 0.127 e. The van der Waals surface area contributed by atoms with Crippen molar-refractivity contribution in [1.82, 2.24) is 0 Å². The van der Waals surface area contributed by atoms with Gasteiger partial charge in [0.15, 0.2) is 0 Å². The van der Waals surface area contributed by atoms with Crippen LogP contribution in [0.1, 0.15) is 43.6 Å². The van der Waals surface area contributed by atoms with Crippen LogP contribution in [0.2, 0.25) is 0 Å². The van der Waals surface area contributed by atoms with E-state index in [-0.39, 0.29) is 6.61 Å². The summed E-state index contributed by atoms with van der Waals surface area (Å²) in [6.07, 6.45) is 8.37. The van der Waals surface area contributed by atoms with Crippen molar-refractivity contribution in [2.24, 2.45) is 5.92 Å². The predicted octanol–water partition coefficient (Wildman–Crippen LogP) is 3.54. The third-order valence-electron chi connectivity index (χ3n) is 3.40. The molecule has 1 aromatic rings. The Hall–Kier alpha value is -1.02.